The van der Waals surface area contributed by atoms with Gasteiger partial charge in [0.05, 0.1) is 12.7 Å². The Morgan fingerprint density at radius 1 is 1.29 bits per heavy atom. The van der Waals surface area contributed by atoms with Gasteiger partial charge in [0, 0.05) is 26.1 Å². The summed E-state index contributed by atoms with van der Waals surface area (Å²) in [5, 5.41) is 9.27. The van der Waals surface area contributed by atoms with Gasteiger partial charge in [-0.1, -0.05) is 45.0 Å². The van der Waals surface area contributed by atoms with Crippen LogP contribution in [0.1, 0.15) is 38.3 Å². The molecule has 0 unspecified atom stereocenters. The second-order valence-corrected chi connectivity index (χ2v) is 7.29. The number of benzene rings is 1. The quantitative estimate of drug-likeness (QED) is 0.852. The summed E-state index contributed by atoms with van der Waals surface area (Å²) in [7, 11) is 0. The van der Waals surface area contributed by atoms with Crippen molar-refractivity contribution >= 4 is 11.7 Å². The lowest BCUT2D eigenvalue weighted by Gasteiger charge is -2.24. The number of carbonyl (C=O) groups is 2. The maximum Gasteiger partial charge on any atom is 0.290 e. The average Bonchev–Trinajstić information content (AvgIpc) is 2.79. The smallest absolute Gasteiger partial charge is 0.290 e. The Hall–Kier alpha value is -1.72. The van der Waals surface area contributed by atoms with Crippen molar-refractivity contribution in [2.75, 3.05) is 26.3 Å². The Labute approximate surface area is 143 Å². The van der Waals surface area contributed by atoms with Gasteiger partial charge in [0.1, 0.15) is 0 Å². The molecule has 1 saturated heterocycles. The van der Waals surface area contributed by atoms with Crippen molar-refractivity contribution < 1.29 is 19.4 Å². The minimum absolute atomic E-state index is 0.0850. The summed E-state index contributed by atoms with van der Waals surface area (Å²) in [6.07, 6.45) is 0.368. The van der Waals surface area contributed by atoms with Crippen molar-refractivity contribution in [3.63, 3.8) is 0 Å². The van der Waals surface area contributed by atoms with E-state index in [9.17, 15) is 14.7 Å². The van der Waals surface area contributed by atoms with Crippen LogP contribution in [0.15, 0.2) is 24.3 Å². The third-order valence-corrected chi connectivity index (χ3v) is 4.26. The second-order valence-electron chi connectivity index (χ2n) is 7.29. The molecule has 1 N–H and O–H groups in total. The number of ketones is 1. The number of aliphatic hydroxyl groups is 1. The van der Waals surface area contributed by atoms with E-state index in [1.54, 1.807) is 0 Å². The molecule has 24 heavy (non-hydrogen) atoms. The van der Waals surface area contributed by atoms with Gasteiger partial charge >= 0.3 is 0 Å². The van der Waals surface area contributed by atoms with Crippen LogP contribution in [0.25, 0.3) is 0 Å². The SMILES string of the molecule is CC(C)(C)c1ccccc1CC(=O)C(=O)N1CCCO[C@H](CO)C1. The van der Waals surface area contributed by atoms with Crippen LogP contribution in [-0.4, -0.2) is 54.1 Å². The summed E-state index contributed by atoms with van der Waals surface area (Å²) in [5.41, 5.74) is 1.89. The molecule has 2 rings (SSSR count). The highest BCUT2D eigenvalue weighted by Gasteiger charge is 2.28. The highest BCUT2D eigenvalue weighted by Crippen LogP contribution is 2.26. The first kappa shape index (κ1) is 18.6. The Balaban J connectivity index is 2.11. The highest BCUT2D eigenvalue weighted by atomic mass is 16.5. The first-order valence-corrected chi connectivity index (χ1v) is 8.46. The van der Waals surface area contributed by atoms with Gasteiger partial charge in [0.2, 0.25) is 5.78 Å². The monoisotopic (exact) mass is 333 g/mol. The molecular formula is C19H27NO4. The van der Waals surface area contributed by atoms with E-state index in [1.807, 2.05) is 24.3 Å². The summed E-state index contributed by atoms with van der Waals surface area (Å²) < 4.78 is 5.44. The minimum atomic E-state index is -0.484. The molecule has 5 nitrogen and oxygen atoms in total. The average molecular weight is 333 g/mol. The minimum Gasteiger partial charge on any atom is -0.394 e. The van der Waals surface area contributed by atoms with Gasteiger partial charge in [-0.25, -0.2) is 0 Å². The molecule has 1 heterocycles. The summed E-state index contributed by atoms with van der Waals surface area (Å²) in [5.74, 6) is -0.895. The normalized spacial score (nSPS) is 19.0. The fourth-order valence-electron chi connectivity index (χ4n) is 3.02. The van der Waals surface area contributed by atoms with Crippen molar-refractivity contribution in [3.05, 3.63) is 35.4 Å². The van der Waals surface area contributed by atoms with E-state index < -0.39 is 17.8 Å². The summed E-state index contributed by atoms with van der Waals surface area (Å²) in [6.45, 7) is 7.38. The molecule has 1 atom stereocenters. The maximum atomic E-state index is 12.5. The van der Waals surface area contributed by atoms with Crippen LogP contribution >= 0.6 is 0 Å². The van der Waals surface area contributed by atoms with Crippen LogP contribution in [-0.2, 0) is 26.2 Å². The molecule has 132 valence electrons. The molecule has 1 aromatic rings. The zero-order valence-corrected chi connectivity index (χ0v) is 14.7. The van der Waals surface area contributed by atoms with E-state index >= 15 is 0 Å². The third kappa shape index (κ3) is 4.65. The highest BCUT2D eigenvalue weighted by molar-refractivity contribution is 6.36. The lowest BCUT2D eigenvalue weighted by Crippen LogP contribution is -2.42. The number of amides is 1. The number of ether oxygens (including phenoxy) is 1. The maximum absolute atomic E-state index is 12.5. The van der Waals surface area contributed by atoms with Gasteiger partial charge in [0.15, 0.2) is 0 Å². The molecule has 1 fully saturated rings. The van der Waals surface area contributed by atoms with Crippen molar-refractivity contribution in [1.29, 1.82) is 0 Å². The molecule has 1 aromatic carbocycles. The summed E-state index contributed by atoms with van der Waals surface area (Å²) >= 11 is 0. The lowest BCUT2D eigenvalue weighted by atomic mass is 9.82. The zero-order valence-electron chi connectivity index (χ0n) is 14.7. The van der Waals surface area contributed by atoms with Gasteiger partial charge in [-0.05, 0) is 23.0 Å². The Bertz CT molecular complexity index is 591. The van der Waals surface area contributed by atoms with E-state index in [4.69, 9.17) is 4.74 Å². The number of aliphatic hydroxyl groups excluding tert-OH is 1. The van der Waals surface area contributed by atoms with E-state index in [1.165, 1.54) is 4.90 Å². The molecule has 0 saturated carbocycles. The second kappa shape index (κ2) is 7.90. The number of hydrogen-bond acceptors (Lipinski definition) is 4. The van der Waals surface area contributed by atoms with Crippen LogP contribution < -0.4 is 0 Å². The van der Waals surface area contributed by atoms with Gasteiger partial charge < -0.3 is 14.7 Å². The molecule has 1 amide bonds. The van der Waals surface area contributed by atoms with Crippen molar-refractivity contribution in [1.82, 2.24) is 4.90 Å². The van der Waals surface area contributed by atoms with Gasteiger partial charge in [-0.3, -0.25) is 9.59 Å². The van der Waals surface area contributed by atoms with Crippen LogP contribution in [0.4, 0.5) is 0 Å². The Morgan fingerprint density at radius 2 is 2.00 bits per heavy atom. The molecule has 0 spiro atoms. The summed E-state index contributed by atoms with van der Waals surface area (Å²) in [4.78, 5) is 26.5. The zero-order chi connectivity index (χ0) is 17.7. The molecule has 0 aromatic heterocycles. The van der Waals surface area contributed by atoms with E-state index in [-0.39, 0.29) is 25.0 Å². The Morgan fingerprint density at radius 3 is 2.67 bits per heavy atom. The number of hydrogen-bond donors (Lipinski definition) is 1. The van der Waals surface area contributed by atoms with Crippen molar-refractivity contribution in [2.24, 2.45) is 0 Å². The van der Waals surface area contributed by atoms with E-state index in [0.717, 1.165) is 11.1 Å². The van der Waals surface area contributed by atoms with Crippen LogP contribution in [0, 0.1) is 0 Å². The lowest BCUT2D eigenvalue weighted by molar-refractivity contribution is -0.145. The van der Waals surface area contributed by atoms with Crippen LogP contribution in [0.3, 0.4) is 0 Å². The molecule has 0 radical (unpaired) electrons. The molecular weight excluding hydrogens is 306 g/mol. The van der Waals surface area contributed by atoms with Crippen molar-refractivity contribution in [3.8, 4) is 0 Å². The molecule has 0 bridgehead atoms. The number of carbonyl (C=O) groups excluding carboxylic acids is 2. The van der Waals surface area contributed by atoms with Gasteiger partial charge in [-0.15, -0.1) is 0 Å². The fraction of sp³-hybridized carbons (Fsp3) is 0.579. The predicted molar refractivity (Wildman–Crippen MR) is 91.9 cm³/mol. The number of nitrogens with zero attached hydrogens (tertiary/aromatic N) is 1. The first-order chi connectivity index (χ1) is 11.3. The third-order valence-electron chi connectivity index (χ3n) is 4.26. The Kier molecular flexibility index (Phi) is 6.13. The predicted octanol–water partition coefficient (Wildman–Crippen LogP) is 1.71. The molecule has 5 heteroatoms. The fourth-order valence-corrected chi connectivity index (χ4v) is 3.02. The molecule has 1 aliphatic heterocycles. The largest absolute Gasteiger partial charge is 0.394 e. The molecule has 1 aliphatic rings. The van der Waals surface area contributed by atoms with Gasteiger partial charge in [0.25, 0.3) is 5.91 Å². The van der Waals surface area contributed by atoms with Gasteiger partial charge in [-0.2, -0.15) is 0 Å². The summed E-state index contributed by atoms with van der Waals surface area (Å²) in [6, 6.07) is 7.76. The van der Waals surface area contributed by atoms with E-state index in [2.05, 4.69) is 20.8 Å². The number of rotatable bonds is 4. The van der Waals surface area contributed by atoms with E-state index in [0.29, 0.717) is 19.6 Å². The first-order valence-electron chi connectivity index (χ1n) is 8.46. The molecule has 0 aliphatic carbocycles. The topological polar surface area (TPSA) is 66.8 Å². The van der Waals surface area contributed by atoms with Crippen LogP contribution in [0.2, 0.25) is 0 Å². The standard InChI is InChI=1S/C19H27NO4/c1-19(2,3)16-8-5-4-7-14(16)11-17(22)18(23)20-9-6-10-24-15(12-20)13-21/h4-5,7-8,15,21H,6,9-13H2,1-3H3/t15-/m0/s1. The van der Waals surface area contributed by atoms with Crippen molar-refractivity contribution in [2.45, 2.75) is 45.1 Å². The van der Waals surface area contributed by atoms with Crippen LogP contribution in [0.5, 0.6) is 0 Å². The number of Topliss-reactive ketones (excluding diaryl/α,β-unsaturated/α-hetero) is 1.